The van der Waals surface area contributed by atoms with Crippen molar-refractivity contribution in [2.75, 3.05) is 0 Å². The predicted octanol–water partition coefficient (Wildman–Crippen LogP) is 5.94. The Labute approximate surface area is 141 Å². The molecule has 0 aromatic heterocycles. The van der Waals surface area contributed by atoms with Crippen molar-refractivity contribution < 1.29 is 4.79 Å². The number of Topliss-reactive ketones (excluding diaryl/α,β-unsaturated/α-hetero) is 1. The lowest BCUT2D eigenvalue weighted by molar-refractivity contribution is -0.126. The van der Waals surface area contributed by atoms with Crippen molar-refractivity contribution in [1.82, 2.24) is 0 Å². The fourth-order valence-corrected chi connectivity index (χ4v) is 4.39. The molecule has 3 unspecified atom stereocenters. The van der Waals surface area contributed by atoms with Crippen LogP contribution >= 0.6 is 0 Å². The molecule has 1 fully saturated rings. The van der Waals surface area contributed by atoms with E-state index in [1.165, 1.54) is 36.0 Å². The van der Waals surface area contributed by atoms with Crippen LogP contribution in [0.2, 0.25) is 0 Å². The van der Waals surface area contributed by atoms with Gasteiger partial charge in [0.15, 0.2) is 0 Å². The molecule has 0 N–H and O–H groups in total. The number of hydrogen-bond acceptors (Lipinski definition) is 1. The predicted molar refractivity (Wildman–Crippen MR) is 97.2 cm³/mol. The highest BCUT2D eigenvalue weighted by Gasteiger charge is 2.31. The zero-order chi connectivity index (χ0) is 16.2. The molecule has 0 radical (unpaired) electrons. The maximum Gasteiger partial charge on any atom is 0.136 e. The molecule has 3 rings (SSSR count). The van der Waals surface area contributed by atoms with E-state index in [2.05, 4.69) is 44.2 Å². The summed E-state index contributed by atoms with van der Waals surface area (Å²) in [6.45, 7) is 4.52. The van der Waals surface area contributed by atoms with Gasteiger partial charge in [0.05, 0.1) is 0 Å². The van der Waals surface area contributed by atoms with E-state index in [9.17, 15) is 4.79 Å². The van der Waals surface area contributed by atoms with Gasteiger partial charge >= 0.3 is 0 Å². The first-order valence-electron chi connectivity index (χ1n) is 9.39. The topological polar surface area (TPSA) is 17.1 Å². The van der Waals surface area contributed by atoms with Gasteiger partial charge in [0.2, 0.25) is 0 Å². The maximum atomic E-state index is 12.7. The van der Waals surface area contributed by atoms with Gasteiger partial charge in [-0.15, -0.1) is 0 Å². The second kappa shape index (κ2) is 7.47. The summed E-state index contributed by atoms with van der Waals surface area (Å²) in [5.41, 5.74) is 4.45. The van der Waals surface area contributed by atoms with Crippen molar-refractivity contribution in [3.63, 3.8) is 0 Å². The maximum absolute atomic E-state index is 12.7. The fraction of sp³-hybridized carbons (Fsp3) is 0.591. The van der Waals surface area contributed by atoms with Gasteiger partial charge in [-0.3, -0.25) is 4.79 Å². The number of ketones is 1. The Morgan fingerprint density at radius 1 is 1.22 bits per heavy atom. The molecule has 0 aromatic rings. The van der Waals surface area contributed by atoms with Crippen LogP contribution in [-0.4, -0.2) is 5.78 Å². The highest BCUT2D eigenvalue weighted by atomic mass is 16.1. The van der Waals surface area contributed by atoms with Gasteiger partial charge < -0.3 is 0 Å². The van der Waals surface area contributed by atoms with Crippen molar-refractivity contribution in [1.29, 1.82) is 0 Å². The van der Waals surface area contributed by atoms with Gasteiger partial charge in [-0.05, 0) is 69.3 Å². The molecule has 124 valence electrons. The third-order valence-corrected chi connectivity index (χ3v) is 5.89. The Hall–Kier alpha value is -1.37. The lowest BCUT2D eigenvalue weighted by atomic mass is 9.72. The van der Waals surface area contributed by atoms with E-state index in [-0.39, 0.29) is 0 Å². The van der Waals surface area contributed by atoms with Gasteiger partial charge in [0.25, 0.3) is 0 Å². The van der Waals surface area contributed by atoms with E-state index in [0.29, 0.717) is 23.5 Å². The molecule has 0 saturated heterocycles. The molecule has 1 heteroatoms. The summed E-state index contributed by atoms with van der Waals surface area (Å²) < 4.78 is 0. The molecule has 0 heterocycles. The SMILES string of the molecule is CC1=CC(C2CCC(CC(C)C3=CC=CCC3)C(=O)C2)=CCC1. The molecule has 0 spiro atoms. The highest BCUT2D eigenvalue weighted by molar-refractivity contribution is 5.82. The monoisotopic (exact) mass is 310 g/mol. The van der Waals surface area contributed by atoms with Crippen LogP contribution < -0.4 is 0 Å². The van der Waals surface area contributed by atoms with Gasteiger partial charge in [0, 0.05) is 12.3 Å². The minimum absolute atomic E-state index is 0.294. The molecule has 3 aliphatic carbocycles. The van der Waals surface area contributed by atoms with Crippen LogP contribution in [0.25, 0.3) is 0 Å². The van der Waals surface area contributed by atoms with Crippen LogP contribution in [0.5, 0.6) is 0 Å². The Morgan fingerprint density at radius 3 is 2.78 bits per heavy atom. The third kappa shape index (κ3) is 4.13. The first-order chi connectivity index (χ1) is 11.1. The molecule has 23 heavy (non-hydrogen) atoms. The van der Waals surface area contributed by atoms with Crippen molar-refractivity contribution >= 4 is 5.78 Å². The standard InChI is InChI=1S/C22H30O/c1-16-7-6-10-19(13-16)20-11-12-21(22(23)15-20)14-17(2)18-8-4-3-5-9-18/h3-4,8,10,13,17,20-21H,5-7,9,11-12,14-15H2,1-2H3. The summed E-state index contributed by atoms with van der Waals surface area (Å²) in [6, 6.07) is 0. The number of hydrogen-bond donors (Lipinski definition) is 0. The van der Waals surface area contributed by atoms with E-state index in [1.807, 2.05) is 0 Å². The molecule has 1 nitrogen and oxygen atoms in total. The van der Waals surface area contributed by atoms with E-state index in [1.54, 1.807) is 0 Å². The number of rotatable bonds is 4. The Morgan fingerprint density at radius 2 is 2.09 bits per heavy atom. The Bertz CT molecular complexity index is 573. The number of carbonyl (C=O) groups is 1. The quantitative estimate of drug-likeness (QED) is 0.628. The molecule has 1 saturated carbocycles. The van der Waals surface area contributed by atoms with E-state index < -0.39 is 0 Å². The largest absolute Gasteiger partial charge is 0.299 e. The van der Waals surface area contributed by atoms with Gasteiger partial charge in [-0.1, -0.05) is 48.5 Å². The first-order valence-corrected chi connectivity index (χ1v) is 9.39. The van der Waals surface area contributed by atoms with Gasteiger partial charge in [0.1, 0.15) is 5.78 Å². The molecule has 3 atom stereocenters. The third-order valence-electron chi connectivity index (χ3n) is 5.89. The summed E-state index contributed by atoms with van der Waals surface area (Å²) in [7, 11) is 0. The molecular weight excluding hydrogens is 280 g/mol. The molecule has 0 amide bonds. The highest BCUT2D eigenvalue weighted by Crippen LogP contribution is 2.38. The van der Waals surface area contributed by atoms with E-state index in [0.717, 1.165) is 32.1 Å². The molecule has 0 aromatic carbocycles. The van der Waals surface area contributed by atoms with Crippen LogP contribution in [0.1, 0.15) is 65.2 Å². The fourth-order valence-electron chi connectivity index (χ4n) is 4.39. The van der Waals surface area contributed by atoms with Crippen molar-refractivity contribution in [2.24, 2.45) is 17.8 Å². The first kappa shape index (κ1) is 16.5. The van der Waals surface area contributed by atoms with Gasteiger partial charge in [-0.25, -0.2) is 0 Å². The minimum atomic E-state index is 0.294. The number of carbonyl (C=O) groups excluding carboxylic acids is 1. The van der Waals surface area contributed by atoms with Crippen LogP contribution in [0.3, 0.4) is 0 Å². The van der Waals surface area contributed by atoms with Crippen molar-refractivity contribution in [2.45, 2.75) is 65.2 Å². The summed E-state index contributed by atoms with van der Waals surface area (Å²) in [6.07, 6.45) is 20.2. The van der Waals surface area contributed by atoms with Gasteiger partial charge in [-0.2, -0.15) is 0 Å². The summed E-state index contributed by atoms with van der Waals surface area (Å²) >= 11 is 0. The van der Waals surface area contributed by atoms with Crippen LogP contribution in [0.15, 0.2) is 47.1 Å². The zero-order valence-electron chi connectivity index (χ0n) is 14.7. The second-order valence-corrected chi connectivity index (χ2v) is 7.72. The van der Waals surface area contributed by atoms with Crippen LogP contribution in [0.4, 0.5) is 0 Å². The minimum Gasteiger partial charge on any atom is -0.299 e. The van der Waals surface area contributed by atoms with Crippen LogP contribution in [0, 0.1) is 17.8 Å². The second-order valence-electron chi connectivity index (χ2n) is 7.72. The molecule has 0 aliphatic heterocycles. The lowest BCUT2D eigenvalue weighted by Gasteiger charge is -2.31. The molecule has 3 aliphatic rings. The average Bonchev–Trinajstić information content (AvgIpc) is 2.57. The lowest BCUT2D eigenvalue weighted by Crippen LogP contribution is -2.27. The summed E-state index contributed by atoms with van der Waals surface area (Å²) in [5.74, 6) is 1.85. The smallest absolute Gasteiger partial charge is 0.136 e. The van der Waals surface area contributed by atoms with E-state index in [4.69, 9.17) is 0 Å². The summed E-state index contributed by atoms with van der Waals surface area (Å²) in [4.78, 5) is 12.7. The summed E-state index contributed by atoms with van der Waals surface area (Å²) in [5, 5.41) is 0. The molecule has 0 bridgehead atoms. The number of allylic oxidation sites excluding steroid dienone is 8. The Balaban J connectivity index is 1.57. The van der Waals surface area contributed by atoms with Crippen molar-refractivity contribution in [3.05, 3.63) is 47.1 Å². The zero-order valence-corrected chi connectivity index (χ0v) is 14.7. The normalized spacial score (nSPS) is 29.7. The Kier molecular flexibility index (Phi) is 5.35. The molecular formula is C22H30O. The average molecular weight is 310 g/mol. The van der Waals surface area contributed by atoms with E-state index >= 15 is 0 Å². The van der Waals surface area contributed by atoms with Crippen LogP contribution in [-0.2, 0) is 4.79 Å². The van der Waals surface area contributed by atoms with Crippen molar-refractivity contribution in [3.8, 4) is 0 Å².